The third kappa shape index (κ3) is 5.11. The summed E-state index contributed by atoms with van der Waals surface area (Å²) in [4.78, 5) is 4.75. The lowest BCUT2D eigenvalue weighted by Crippen LogP contribution is -2.54. The Balaban J connectivity index is 1.54. The van der Waals surface area contributed by atoms with Crippen LogP contribution in [0.15, 0.2) is 34.7 Å². The molecule has 2 unspecified atom stereocenters. The van der Waals surface area contributed by atoms with Crippen LogP contribution in [0.4, 0.5) is 0 Å². The molecule has 1 aliphatic rings. The summed E-state index contributed by atoms with van der Waals surface area (Å²) in [6, 6.07) is 10.6. The van der Waals surface area contributed by atoms with Crippen LogP contribution in [0.1, 0.15) is 37.6 Å². The molecular formula is C19H28N4O2. The third-order valence-corrected chi connectivity index (χ3v) is 4.72. The van der Waals surface area contributed by atoms with E-state index in [0.717, 1.165) is 32.6 Å². The highest BCUT2D eigenvalue weighted by molar-refractivity contribution is 5.17. The Morgan fingerprint density at radius 2 is 1.96 bits per heavy atom. The quantitative estimate of drug-likeness (QED) is 0.828. The van der Waals surface area contributed by atoms with E-state index < -0.39 is 0 Å². The van der Waals surface area contributed by atoms with Gasteiger partial charge in [0.2, 0.25) is 11.8 Å². The molecular weight excluding hydrogens is 316 g/mol. The zero-order valence-electron chi connectivity index (χ0n) is 15.1. The molecule has 1 saturated heterocycles. The van der Waals surface area contributed by atoms with E-state index in [9.17, 15) is 5.11 Å². The summed E-state index contributed by atoms with van der Waals surface area (Å²) >= 11 is 0. The van der Waals surface area contributed by atoms with E-state index in [1.54, 1.807) is 0 Å². The predicted octanol–water partition coefficient (Wildman–Crippen LogP) is 1.94. The number of aromatic nitrogens is 2. The van der Waals surface area contributed by atoms with E-state index >= 15 is 0 Å². The lowest BCUT2D eigenvalue weighted by molar-refractivity contribution is 0.0308. The molecule has 0 spiro atoms. The molecule has 0 amide bonds. The van der Waals surface area contributed by atoms with Crippen molar-refractivity contribution < 1.29 is 9.52 Å². The van der Waals surface area contributed by atoms with Gasteiger partial charge in [0, 0.05) is 32.2 Å². The van der Waals surface area contributed by atoms with Crippen molar-refractivity contribution in [3.05, 3.63) is 47.7 Å². The van der Waals surface area contributed by atoms with Crippen LogP contribution in [0, 0.1) is 0 Å². The van der Waals surface area contributed by atoms with Crippen molar-refractivity contribution in [3.8, 4) is 0 Å². The molecule has 0 bridgehead atoms. The Labute approximate surface area is 149 Å². The van der Waals surface area contributed by atoms with Crippen molar-refractivity contribution in [2.45, 2.75) is 45.4 Å². The van der Waals surface area contributed by atoms with Gasteiger partial charge in [-0.05, 0) is 18.9 Å². The summed E-state index contributed by atoms with van der Waals surface area (Å²) in [6.07, 6.45) is 1.47. The predicted molar refractivity (Wildman–Crippen MR) is 96.2 cm³/mol. The first-order chi connectivity index (χ1) is 12.1. The van der Waals surface area contributed by atoms with Gasteiger partial charge in [0.05, 0.1) is 19.1 Å². The van der Waals surface area contributed by atoms with Crippen molar-refractivity contribution in [1.29, 1.82) is 0 Å². The van der Waals surface area contributed by atoms with E-state index in [2.05, 4.69) is 39.1 Å². The minimum Gasteiger partial charge on any atom is -0.424 e. The van der Waals surface area contributed by atoms with Crippen LogP contribution in [0.5, 0.6) is 0 Å². The van der Waals surface area contributed by atoms with Crippen molar-refractivity contribution in [2.24, 2.45) is 0 Å². The number of aliphatic hydroxyl groups is 1. The van der Waals surface area contributed by atoms with E-state index in [1.165, 1.54) is 5.56 Å². The van der Waals surface area contributed by atoms with E-state index in [4.69, 9.17) is 4.42 Å². The van der Waals surface area contributed by atoms with Gasteiger partial charge in [-0.2, -0.15) is 0 Å². The van der Waals surface area contributed by atoms with Crippen LogP contribution < -0.4 is 0 Å². The summed E-state index contributed by atoms with van der Waals surface area (Å²) < 4.78 is 5.83. The van der Waals surface area contributed by atoms with Gasteiger partial charge in [-0.1, -0.05) is 37.3 Å². The number of β-amino-alcohol motifs (C(OH)–C–C–N with tert-alkyl or cyclic N) is 1. The molecule has 2 atom stereocenters. The van der Waals surface area contributed by atoms with Crippen LogP contribution in [0.2, 0.25) is 0 Å². The fourth-order valence-corrected chi connectivity index (χ4v) is 3.45. The molecule has 0 radical (unpaired) electrons. The zero-order valence-corrected chi connectivity index (χ0v) is 15.1. The molecule has 0 aliphatic carbocycles. The molecule has 25 heavy (non-hydrogen) atoms. The molecule has 3 rings (SSSR count). The largest absolute Gasteiger partial charge is 0.424 e. The Kier molecular flexibility index (Phi) is 6.18. The van der Waals surface area contributed by atoms with Crippen LogP contribution in [0.3, 0.4) is 0 Å². The number of hydrogen-bond donors (Lipinski definition) is 1. The number of benzene rings is 1. The van der Waals surface area contributed by atoms with E-state index in [-0.39, 0.29) is 6.10 Å². The van der Waals surface area contributed by atoms with Crippen LogP contribution >= 0.6 is 0 Å². The molecule has 2 heterocycles. The molecule has 1 fully saturated rings. The number of nitrogens with zero attached hydrogens (tertiary/aromatic N) is 4. The summed E-state index contributed by atoms with van der Waals surface area (Å²) in [5, 5.41) is 18.1. The highest BCUT2D eigenvalue weighted by Crippen LogP contribution is 2.16. The Morgan fingerprint density at radius 3 is 2.68 bits per heavy atom. The van der Waals surface area contributed by atoms with Gasteiger partial charge >= 0.3 is 0 Å². The second-order valence-corrected chi connectivity index (χ2v) is 6.89. The van der Waals surface area contributed by atoms with Crippen LogP contribution in [-0.4, -0.2) is 63.4 Å². The minimum atomic E-state index is -0.280. The lowest BCUT2D eigenvalue weighted by Gasteiger charge is -2.41. The average Bonchev–Trinajstić information content (AvgIpc) is 3.03. The lowest BCUT2D eigenvalue weighted by atomic mass is 10.1. The maximum Gasteiger partial charge on any atom is 0.230 e. The summed E-state index contributed by atoms with van der Waals surface area (Å²) in [7, 11) is 0. The molecule has 0 saturated carbocycles. The van der Waals surface area contributed by atoms with Crippen LogP contribution in [0.25, 0.3) is 0 Å². The normalized spacial score (nSPS) is 20.7. The molecule has 1 aliphatic heterocycles. The van der Waals surface area contributed by atoms with Gasteiger partial charge in [-0.25, -0.2) is 0 Å². The fourth-order valence-electron chi connectivity index (χ4n) is 3.45. The Morgan fingerprint density at radius 1 is 1.20 bits per heavy atom. The maximum absolute atomic E-state index is 9.65. The first-order valence-corrected chi connectivity index (χ1v) is 9.13. The molecule has 1 N–H and O–H groups in total. The van der Waals surface area contributed by atoms with Gasteiger partial charge in [0.15, 0.2) is 0 Å². The fraction of sp³-hybridized carbons (Fsp3) is 0.579. The standard InChI is InChI=1S/C19H28N4O2/c1-3-17-13-22(9-10-23(17)12-15(2)24)14-19-21-20-18(25-19)11-16-7-5-4-6-8-16/h4-8,15,17,24H,3,9-14H2,1-2H3. The van der Waals surface area contributed by atoms with Crippen molar-refractivity contribution >= 4 is 0 Å². The minimum absolute atomic E-state index is 0.280. The Bertz CT molecular complexity index is 644. The second-order valence-electron chi connectivity index (χ2n) is 6.89. The van der Waals surface area contributed by atoms with E-state index in [0.29, 0.717) is 30.8 Å². The van der Waals surface area contributed by atoms with Gasteiger partial charge < -0.3 is 9.52 Å². The second kappa shape index (κ2) is 8.56. The molecule has 2 aromatic rings. The molecule has 136 valence electrons. The number of hydrogen-bond acceptors (Lipinski definition) is 6. The zero-order chi connectivity index (χ0) is 17.6. The number of rotatable bonds is 7. The van der Waals surface area contributed by atoms with Gasteiger partial charge in [0.25, 0.3) is 0 Å². The van der Waals surface area contributed by atoms with Crippen molar-refractivity contribution in [3.63, 3.8) is 0 Å². The molecule has 6 heteroatoms. The number of aliphatic hydroxyl groups excluding tert-OH is 1. The average molecular weight is 344 g/mol. The SMILES string of the molecule is CCC1CN(Cc2nnc(Cc3ccccc3)o2)CCN1CC(C)O. The maximum atomic E-state index is 9.65. The van der Waals surface area contributed by atoms with Gasteiger partial charge in [0.1, 0.15) is 0 Å². The third-order valence-electron chi connectivity index (χ3n) is 4.72. The molecule has 6 nitrogen and oxygen atoms in total. The van der Waals surface area contributed by atoms with Gasteiger partial charge in [-0.3, -0.25) is 9.80 Å². The number of piperazine rings is 1. The van der Waals surface area contributed by atoms with Crippen LogP contribution in [-0.2, 0) is 13.0 Å². The summed E-state index contributed by atoms with van der Waals surface area (Å²) in [5.41, 5.74) is 1.18. The first kappa shape index (κ1) is 18.0. The smallest absolute Gasteiger partial charge is 0.230 e. The van der Waals surface area contributed by atoms with Crippen molar-refractivity contribution in [1.82, 2.24) is 20.0 Å². The van der Waals surface area contributed by atoms with Crippen molar-refractivity contribution in [2.75, 3.05) is 26.2 Å². The summed E-state index contributed by atoms with van der Waals surface area (Å²) in [5.74, 6) is 1.35. The molecule has 1 aromatic heterocycles. The monoisotopic (exact) mass is 344 g/mol. The topological polar surface area (TPSA) is 65.6 Å². The summed E-state index contributed by atoms with van der Waals surface area (Å²) in [6.45, 7) is 8.39. The van der Waals surface area contributed by atoms with Gasteiger partial charge in [-0.15, -0.1) is 10.2 Å². The highest BCUT2D eigenvalue weighted by atomic mass is 16.4. The molecule has 1 aromatic carbocycles. The van der Waals surface area contributed by atoms with E-state index in [1.807, 2.05) is 25.1 Å². The Hall–Kier alpha value is -1.76. The highest BCUT2D eigenvalue weighted by Gasteiger charge is 2.27. The first-order valence-electron chi connectivity index (χ1n) is 9.13.